The average Bonchev–Trinajstić information content (AvgIpc) is 3.61. The third-order valence-corrected chi connectivity index (χ3v) is 8.20. The summed E-state index contributed by atoms with van der Waals surface area (Å²) in [5.74, 6) is 0.697. The van der Waals surface area contributed by atoms with Gasteiger partial charge in [0.25, 0.3) is 0 Å². The number of benzene rings is 1. The van der Waals surface area contributed by atoms with Crippen LogP contribution >= 0.6 is 0 Å². The molecule has 1 aromatic carbocycles. The van der Waals surface area contributed by atoms with E-state index in [9.17, 15) is 9.18 Å². The number of dihydropyridines is 1. The van der Waals surface area contributed by atoms with Crippen LogP contribution in [0.1, 0.15) is 24.2 Å². The average molecular weight is 616 g/mol. The number of methoxy groups -OCH3 is 1. The first-order chi connectivity index (χ1) is 21.9. The summed E-state index contributed by atoms with van der Waals surface area (Å²) in [6.45, 7) is 5.47. The van der Waals surface area contributed by atoms with E-state index >= 15 is 0 Å². The largest absolute Gasteiger partial charge is 0.383 e. The van der Waals surface area contributed by atoms with E-state index in [0.717, 1.165) is 53.3 Å². The number of ether oxygens (including phenoxy) is 1. The molecule has 1 fully saturated rings. The van der Waals surface area contributed by atoms with Crippen LogP contribution in [0.25, 0.3) is 22.5 Å². The minimum absolute atomic E-state index is 0.340. The van der Waals surface area contributed by atoms with Gasteiger partial charge >= 0.3 is 6.03 Å². The fourth-order valence-corrected chi connectivity index (χ4v) is 5.74. The van der Waals surface area contributed by atoms with Crippen molar-refractivity contribution in [1.29, 1.82) is 0 Å². The molecule has 2 N–H and O–H groups in total. The summed E-state index contributed by atoms with van der Waals surface area (Å²) in [6, 6.07) is 8.74. The van der Waals surface area contributed by atoms with E-state index in [1.165, 1.54) is 6.08 Å². The van der Waals surface area contributed by atoms with Crippen LogP contribution in [-0.4, -0.2) is 107 Å². The molecule has 2 aromatic heterocycles. The number of likely N-dealkylation sites (N-methyl/N-ethyl adjacent to an activating group) is 1. The molecule has 3 aliphatic rings. The highest BCUT2D eigenvalue weighted by Crippen LogP contribution is 2.31. The SMILES string of the molecule is COCCN1C[C@@H](NC(=O)Nc2c(C)c(-c3cnc(C4=CCN(C)CC4)nc3)nn2-c2ccccc2)[C@H](C2=CC(F)=NCC2)O1. The van der Waals surface area contributed by atoms with Crippen molar-refractivity contribution in [2.24, 2.45) is 4.99 Å². The van der Waals surface area contributed by atoms with Gasteiger partial charge in [0, 0.05) is 63.4 Å². The number of rotatable bonds is 9. The molecule has 12 nitrogen and oxygen atoms in total. The Labute approximate surface area is 261 Å². The third-order valence-electron chi connectivity index (χ3n) is 8.20. The van der Waals surface area contributed by atoms with E-state index < -0.39 is 24.1 Å². The zero-order chi connectivity index (χ0) is 31.3. The number of hydroxylamine groups is 2. The summed E-state index contributed by atoms with van der Waals surface area (Å²) in [5, 5.41) is 12.7. The van der Waals surface area contributed by atoms with Crippen LogP contribution < -0.4 is 10.6 Å². The van der Waals surface area contributed by atoms with Gasteiger partial charge in [-0.15, -0.1) is 0 Å². The molecule has 2 amide bonds. The van der Waals surface area contributed by atoms with Gasteiger partial charge in [0.1, 0.15) is 17.6 Å². The normalized spacial score (nSPS) is 20.8. The number of nitrogens with zero attached hydrogens (tertiary/aromatic N) is 7. The number of allylic oxidation sites excluding steroid dienone is 1. The van der Waals surface area contributed by atoms with E-state index in [1.807, 2.05) is 37.3 Å². The summed E-state index contributed by atoms with van der Waals surface area (Å²) < 4.78 is 21.0. The minimum atomic E-state index is -0.534. The number of para-hydroxylation sites is 1. The molecule has 6 rings (SSSR count). The first-order valence-corrected chi connectivity index (χ1v) is 15.1. The number of carbonyl (C=O) groups excluding carboxylic acids is 1. The summed E-state index contributed by atoms with van der Waals surface area (Å²) in [6.07, 6.45) is 8.06. The number of nitrogens with one attached hydrogen (secondary N) is 2. The smallest absolute Gasteiger partial charge is 0.320 e. The van der Waals surface area contributed by atoms with Crippen molar-refractivity contribution in [1.82, 2.24) is 35.0 Å². The second-order valence-corrected chi connectivity index (χ2v) is 11.4. The van der Waals surface area contributed by atoms with Crippen LogP contribution in [0.15, 0.2) is 65.4 Å². The van der Waals surface area contributed by atoms with Gasteiger partial charge in [-0.05, 0) is 56.2 Å². The lowest BCUT2D eigenvalue weighted by molar-refractivity contribution is -0.142. The van der Waals surface area contributed by atoms with Crippen molar-refractivity contribution in [3.8, 4) is 16.9 Å². The monoisotopic (exact) mass is 615 g/mol. The lowest BCUT2D eigenvalue weighted by atomic mass is 9.98. The van der Waals surface area contributed by atoms with Gasteiger partial charge in [-0.25, -0.2) is 19.4 Å². The first kappa shape index (κ1) is 30.7. The van der Waals surface area contributed by atoms with Gasteiger partial charge in [0.2, 0.25) is 5.97 Å². The number of amides is 2. The lowest BCUT2D eigenvalue weighted by Crippen LogP contribution is -2.46. The van der Waals surface area contributed by atoms with Crippen molar-refractivity contribution in [2.75, 3.05) is 58.8 Å². The van der Waals surface area contributed by atoms with E-state index in [-0.39, 0.29) is 0 Å². The van der Waals surface area contributed by atoms with Gasteiger partial charge in [-0.2, -0.15) is 14.6 Å². The Morgan fingerprint density at radius 2 is 1.98 bits per heavy atom. The van der Waals surface area contributed by atoms with Crippen molar-refractivity contribution in [3.05, 3.63) is 71.8 Å². The highest BCUT2D eigenvalue weighted by atomic mass is 19.1. The third kappa shape index (κ3) is 7.01. The zero-order valence-electron chi connectivity index (χ0n) is 25.7. The quantitative estimate of drug-likeness (QED) is 0.373. The van der Waals surface area contributed by atoms with Crippen molar-refractivity contribution in [3.63, 3.8) is 0 Å². The summed E-state index contributed by atoms with van der Waals surface area (Å²) >= 11 is 0. The zero-order valence-corrected chi connectivity index (χ0v) is 25.7. The molecule has 236 valence electrons. The predicted octanol–water partition coefficient (Wildman–Crippen LogP) is 3.81. The van der Waals surface area contributed by atoms with Gasteiger partial charge in [0.05, 0.1) is 18.3 Å². The Balaban J connectivity index is 1.25. The van der Waals surface area contributed by atoms with Gasteiger partial charge in [-0.1, -0.05) is 24.3 Å². The highest BCUT2D eigenvalue weighted by Gasteiger charge is 2.38. The first-order valence-electron chi connectivity index (χ1n) is 15.1. The molecule has 0 radical (unpaired) electrons. The topological polar surface area (TPSA) is 122 Å². The molecule has 1 saturated heterocycles. The summed E-state index contributed by atoms with van der Waals surface area (Å²) in [7, 11) is 3.71. The Hall–Kier alpha value is -4.30. The van der Waals surface area contributed by atoms with Crippen LogP contribution in [0.5, 0.6) is 0 Å². The second-order valence-electron chi connectivity index (χ2n) is 11.4. The fourth-order valence-electron chi connectivity index (χ4n) is 5.74. The maximum atomic E-state index is 14.0. The number of hydrogen-bond acceptors (Lipinski definition) is 9. The molecule has 5 heterocycles. The fraction of sp³-hybridized carbons (Fsp3) is 0.406. The van der Waals surface area contributed by atoms with Crippen LogP contribution in [-0.2, 0) is 9.57 Å². The van der Waals surface area contributed by atoms with Crippen molar-refractivity contribution < 1.29 is 18.8 Å². The molecule has 0 unspecified atom stereocenters. The molecule has 0 saturated carbocycles. The van der Waals surface area contributed by atoms with Crippen LogP contribution in [0.3, 0.4) is 0 Å². The Bertz CT molecular complexity index is 1600. The predicted molar refractivity (Wildman–Crippen MR) is 170 cm³/mol. The number of carbonyl (C=O) groups is 1. The molecule has 0 aliphatic carbocycles. The van der Waals surface area contributed by atoms with Crippen LogP contribution in [0.2, 0.25) is 0 Å². The molecule has 45 heavy (non-hydrogen) atoms. The second kappa shape index (κ2) is 13.8. The van der Waals surface area contributed by atoms with E-state index in [1.54, 1.807) is 29.2 Å². The van der Waals surface area contributed by atoms with Gasteiger partial charge in [0.15, 0.2) is 5.82 Å². The number of anilines is 1. The molecule has 3 aliphatic heterocycles. The highest BCUT2D eigenvalue weighted by molar-refractivity contribution is 5.91. The minimum Gasteiger partial charge on any atom is -0.383 e. The van der Waals surface area contributed by atoms with Crippen molar-refractivity contribution in [2.45, 2.75) is 31.9 Å². The number of aromatic nitrogens is 4. The standard InChI is InChI=1S/C32H38FN9O3/c1-21-28(24-18-35-30(36-19-24)22-10-13-40(2)14-11-22)39-42(25-7-5-4-6-8-25)31(21)38-32(43)37-26-20-41(15-16-44-3)45-29(26)23-9-12-34-27(33)17-23/h4-8,10,17-19,26,29H,9,11-16,20H2,1-3H3,(H2,37,38,43)/t26-,29+/m1/s1. The summed E-state index contributed by atoms with van der Waals surface area (Å²) in [5.41, 5.74) is 4.84. The Morgan fingerprint density at radius 3 is 2.69 bits per heavy atom. The van der Waals surface area contributed by atoms with E-state index in [4.69, 9.17) is 14.7 Å². The van der Waals surface area contributed by atoms with Gasteiger partial charge < -0.3 is 15.0 Å². The maximum absolute atomic E-state index is 14.0. The number of hydrogen-bond donors (Lipinski definition) is 2. The molecule has 3 aromatic rings. The van der Waals surface area contributed by atoms with E-state index in [0.29, 0.717) is 44.2 Å². The van der Waals surface area contributed by atoms with Crippen LogP contribution in [0, 0.1) is 6.92 Å². The Kier molecular flexibility index (Phi) is 9.40. The molecule has 0 bridgehead atoms. The number of aliphatic imine (C=N–C) groups is 1. The molecule has 13 heteroatoms. The molecular formula is C32H38FN9O3. The Morgan fingerprint density at radius 1 is 1.18 bits per heavy atom. The number of urea groups is 1. The molecule has 2 atom stereocenters. The molecular weight excluding hydrogens is 577 g/mol. The maximum Gasteiger partial charge on any atom is 0.320 e. The lowest BCUT2D eigenvalue weighted by Gasteiger charge is -2.23. The summed E-state index contributed by atoms with van der Waals surface area (Å²) in [4.78, 5) is 35.1. The van der Waals surface area contributed by atoms with E-state index in [2.05, 4.69) is 43.6 Å². The number of halogens is 1. The van der Waals surface area contributed by atoms with Crippen LogP contribution in [0.4, 0.5) is 15.0 Å². The van der Waals surface area contributed by atoms with Crippen molar-refractivity contribution >= 4 is 23.4 Å². The van der Waals surface area contributed by atoms with Gasteiger partial charge in [-0.3, -0.25) is 15.1 Å². The molecule has 0 spiro atoms.